The Labute approximate surface area is 95.0 Å². The number of carboxylic acids is 1. The lowest BCUT2D eigenvalue weighted by Gasteiger charge is -2.11. The van der Waals surface area contributed by atoms with Crippen LogP contribution >= 0.6 is 0 Å². The van der Waals surface area contributed by atoms with Crippen molar-refractivity contribution in [2.45, 2.75) is 13.2 Å². The first-order chi connectivity index (χ1) is 8.01. The Morgan fingerprint density at radius 1 is 1.59 bits per heavy atom. The highest BCUT2D eigenvalue weighted by Gasteiger charge is 2.19. The van der Waals surface area contributed by atoms with Crippen LogP contribution in [-0.4, -0.2) is 17.7 Å². The standard InChI is InChI=1S/C10H8F2N2O3/c11-10(12)17-8-2-1-5(9(15)16)6(3-13)7(8)4-14/h1-2,10H,3,13H2,(H,15,16). The van der Waals surface area contributed by atoms with E-state index >= 15 is 0 Å². The number of benzene rings is 1. The summed E-state index contributed by atoms with van der Waals surface area (Å²) in [5.41, 5.74) is 4.79. The number of nitrogens with zero attached hydrogens (tertiary/aromatic N) is 1. The summed E-state index contributed by atoms with van der Waals surface area (Å²) in [6, 6.07) is 3.69. The number of aromatic carboxylic acids is 1. The summed E-state index contributed by atoms with van der Waals surface area (Å²) < 4.78 is 28.2. The number of carbonyl (C=O) groups is 1. The number of rotatable bonds is 4. The zero-order chi connectivity index (χ0) is 13.0. The molecular formula is C10H8F2N2O3. The van der Waals surface area contributed by atoms with Crippen molar-refractivity contribution in [1.29, 1.82) is 5.26 Å². The van der Waals surface area contributed by atoms with Crippen molar-refractivity contribution >= 4 is 5.97 Å². The van der Waals surface area contributed by atoms with E-state index in [1.807, 2.05) is 0 Å². The van der Waals surface area contributed by atoms with Crippen LogP contribution in [0.2, 0.25) is 0 Å². The first-order valence-electron chi connectivity index (χ1n) is 4.45. The third-order valence-electron chi connectivity index (χ3n) is 2.04. The smallest absolute Gasteiger partial charge is 0.387 e. The molecule has 0 spiro atoms. The van der Waals surface area contributed by atoms with Crippen LogP contribution in [0.1, 0.15) is 21.5 Å². The van der Waals surface area contributed by atoms with Gasteiger partial charge in [-0.25, -0.2) is 4.79 Å². The molecule has 0 fully saturated rings. The van der Waals surface area contributed by atoms with Gasteiger partial charge in [0.25, 0.3) is 0 Å². The zero-order valence-electron chi connectivity index (χ0n) is 8.48. The van der Waals surface area contributed by atoms with Crippen molar-refractivity contribution in [2.24, 2.45) is 5.73 Å². The number of hydrogen-bond acceptors (Lipinski definition) is 4. The van der Waals surface area contributed by atoms with Crippen LogP contribution in [0.4, 0.5) is 8.78 Å². The molecule has 0 unspecified atom stereocenters. The minimum atomic E-state index is -3.09. The van der Waals surface area contributed by atoms with E-state index < -0.39 is 12.6 Å². The average molecular weight is 242 g/mol. The van der Waals surface area contributed by atoms with Gasteiger partial charge in [-0.1, -0.05) is 0 Å². The number of nitriles is 1. The van der Waals surface area contributed by atoms with E-state index in [2.05, 4.69) is 4.74 Å². The largest absolute Gasteiger partial charge is 0.478 e. The molecule has 0 bridgehead atoms. The molecule has 90 valence electrons. The first-order valence-corrected chi connectivity index (χ1v) is 4.45. The van der Waals surface area contributed by atoms with Crippen molar-refractivity contribution in [3.8, 4) is 11.8 Å². The Bertz CT molecular complexity index is 483. The van der Waals surface area contributed by atoms with Gasteiger partial charge in [0, 0.05) is 12.1 Å². The van der Waals surface area contributed by atoms with Gasteiger partial charge < -0.3 is 15.6 Å². The third-order valence-corrected chi connectivity index (χ3v) is 2.04. The molecule has 0 heterocycles. The maximum Gasteiger partial charge on any atom is 0.387 e. The van der Waals surface area contributed by atoms with E-state index in [0.717, 1.165) is 12.1 Å². The molecule has 17 heavy (non-hydrogen) atoms. The lowest BCUT2D eigenvalue weighted by molar-refractivity contribution is -0.0500. The summed E-state index contributed by atoms with van der Waals surface area (Å²) in [4.78, 5) is 10.8. The zero-order valence-corrected chi connectivity index (χ0v) is 8.48. The number of hydrogen-bond donors (Lipinski definition) is 2. The van der Waals surface area contributed by atoms with E-state index in [4.69, 9.17) is 16.1 Å². The maximum atomic E-state index is 12.1. The fourth-order valence-corrected chi connectivity index (χ4v) is 1.36. The summed E-state index contributed by atoms with van der Waals surface area (Å²) in [5.74, 6) is -1.67. The second-order valence-corrected chi connectivity index (χ2v) is 2.96. The summed E-state index contributed by atoms with van der Waals surface area (Å²) >= 11 is 0. The van der Waals surface area contributed by atoms with Gasteiger partial charge in [0.15, 0.2) is 0 Å². The molecule has 0 amide bonds. The Hall–Kier alpha value is -2.20. The van der Waals surface area contributed by atoms with Crippen molar-refractivity contribution in [3.63, 3.8) is 0 Å². The fourth-order valence-electron chi connectivity index (χ4n) is 1.36. The minimum Gasteiger partial charge on any atom is -0.478 e. The Morgan fingerprint density at radius 2 is 2.24 bits per heavy atom. The van der Waals surface area contributed by atoms with Gasteiger partial charge in [0.05, 0.1) is 11.1 Å². The Morgan fingerprint density at radius 3 is 2.65 bits per heavy atom. The van der Waals surface area contributed by atoms with E-state index in [1.54, 1.807) is 6.07 Å². The fraction of sp³-hybridized carbons (Fsp3) is 0.200. The van der Waals surface area contributed by atoms with Crippen LogP contribution in [0.3, 0.4) is 0 Å². The van der Waals surface area contributed by atoms with Crippen LogP contribution in [0.25, 0.3) is 0 Å². The Balaban J connectivity index is 3.39. The highest BCUT2D eigenvalue weighted by Crippen LogP contribution is 2.26. The normalized spacial score (nSPS) is 10.1. The van der Waals surface area contributed by atoms with Gasteiger partial charge >= 0.3 is 12.6 Å². The molecule has 1 aromatic rings. The third kappa shape index (κ3) is 2.68. The van der Waals surface area contributed by atoms with E-state index in [0.29, 0.717) is 0 Å². The molecule has 0 atom stereocenters. The summed E-state index contributed by atoms with van der Waals surface area (Å²) in [6.07, 6.45) is 0. The maximum absolute atomic E-state index is 12.1. The van der Waals surface area contributed by atoms with Gasteiger partial charge in [-0.15, -0.1) is 0 Å². The molecule has 0 aliphatic heterocycles. The second-order valence-electron chi connectivity index (χ2n) is 2.96. The highest BCUT2D eigenvalue weighted by molar-refractivity contribution is 5.90. The number of alkyl halides is 2. The summed E-state index contributed by atoms with van der Waals surface area (Å²) in [6.45, 7) is -3.35. The molecule has 1 aromatic carbocycles. The quantitative estimate of drug-likeness (QED) is 0.829. The van der Waals surface area contributed by atoms with Crippen molar-refractivity contribution in [3.05, 3.63) is 28.8 Å². The molecule has 0 saturated carbocycles. The minimum absolute atomic E-state index is 0.0295. The Kier molecular flexibility index (Phi) is 3.96. The monoisotopic (exact) mass is 242 g/mol. The van der Waals surface area contributed by atoms with Gasteiger partial charge in [0.1, 0.15) is 11.8 Å². The SMILES string of the molecule is N#Cc1c(OC(F)F)ccc(C(=O)O)c1CN. The molecule has 7 heteroatoms. The van der Waals surface area contributed by atoms with Gasteiger partial charge in [0.2, 0.25) is 0 Å². The molecule has 5 nitrogen and oxygen atoms in total. The van der Waals surface area contributed by atoms with Crippen molar-refractivity contribution in [2.75, 3.05) is 0 Å². The van der Waals surface area contributed by atoms with E-state index in [9.17, 15) is 13.6 Å². The molecule has 0 aromatic heterocycles. The molecular weight excluding hydrogens is 234 g/mol. The van der Waals surface area contributed by atoms with Crippen LogP contribution in [0, 0.1) is 11.3 Å². The number of carboxylic acid groups (broad SMARTS) is 1. The van der Waals surface area contributed by atoms with Crippen molar-refractivity contribution in [1.82, 2.24) is 0 Å². The predicted octanol–water partition coefficient (Wildman–Crippen LogP) is 1.32. The number of halogens is 2. The molecule has 0 radical (unpaired) electrons. The first kappa shape index (κ1) is 12.9. The van der Waals surface area contributed by atoms with E-state index in [1.165, 1.54) is 0 Å². The van der Waals surface area contributed by atoms with Gasteiger partial charge in [-0.3, -0.25) is 0 Å². The molecule has 1 rings (SSSR count). The summed E-state index contributed by atoms with van der Waals surface area (Å²) in [5, 5.41) is 17.7. The van der Waals surface area contributed by atoms with Crippen LogP contribution in [0.5, 0.6) is 5.75 Å². The molecule has 0 aliphatic carbocycles. The predicted molar refractivity (Wildman–Crippen MR) is 52.6 cm³/mol. The van der Waals surface area contributed by atoms with Gasteiger partial charge in [-0.05, 0) is 12.1 Å². The highest BCUT2D eigenvalue weighted by atomic mass is 19.3. The average Bonchev–Trinajstić information content (AvgIpc) is 2.26. The number of nitrogens with two attached hydrogens (primary N) is 1. The van der Waals surface area contributed by atoms with E-state index in [-0.39, 0.29) is 29.0 Å². The lowest BCUT2D eigenvalue weighted by Crippen LogP contribution is -2.12. The number of ether oxygens (including phenoxy) is 1. The van der Waals surface area contributed by atoms with Crippen LogP contribution < -0.4 is 10.5 Å². The molecule has 0 saturated heterocycles. The van der Waals surface area contributed by atoms with Crippen LogP contribution in [0.15, 0.2) is 12.1 Å². The molecule has 0 aliphatic rings. The van der Waals surface area contributed by atoms with Crippen molar-refractivity contribution < 1.29 is 23.4 Å². The second kappa shape index (κ2) is 5.23. The lowest BCUT2D eigenvalue weighted by atomic mass is 10.0. The van der Waals surface area contributed by atoms with Crippen LogP contribution in [-0.2, 0) is 6.54 Å². The summed E-state index contributed by atoms with van der Waals surface area (Å²) in [7, 11) is 0. The van der Waals surface area contributed by atoms with Gasteiger partial charge in [-0.2, -0.15) is 14.0 Å². The molecule has 3 N–H and O–H groups in total. The topological polar surface area (TPSA) is 96.3 Å².